The van der Waals surface area contributed by atoms with Crippen LogP contribution in [0.4, 0.5) is 5.82 Å². The van der Waals surface area contributed by atoms with E-state index in [0.717, 1.165) is 50.3 Å². The van der Waals surface area contributed by atoms with Crippen molar-refractivity contribution < 1.29 is 9.53 Å². The van der Waals surface area contributed by atoms with Crippen LogP contribution in [0.2, 0.25) is 0 Å². The van der Waals surface area contributed by atoms with Crippen molar-refractivity contribution >= 4 is 11.7 Å². The largest absolute Gasteiger partial charge is 0.379 e. The normalized spacial score (nSPS) is 18.3. The van der Waals surface area contributed by atoms with Gasteiger partial charge in [-0.25, -0.2) is 4.98 Å². The highest BCUT2D eigenvalue weighted by Crippen LogP contribution is 2.13. The molecule has 0 radical (unpaired) electrons. The molecule has 5 heteroatoms. The molecule has 1 aromatic rings. The number of rotatable bonds is 6. The number of aromatic nitrogens is 1. The van der Waals surface area contributed by atoms with Crippen molar-refractivity contribution in [2.45, 2.75) is 45.6 Å². The van der Waals surface area contributed by atoms with Crippen molar-refractivity contribution in [2.24, 2.45) is 0 Å². The lowest BCUT2D eigenvalue weighted by Gasteiger charge is -2.23. The van der Waals surface area contributed by atoms with Gasteiger partial charge in [0.1, 0.15) is 5.82 Å². The fraction of sp³-hybridized carbons (Fsp3) is 0.625. The quantitative estimate of drug-likeness (QED) is 0.844. The first-order valence-corrected chi connectivity index (χ1v) is 7.86. The molecule has 2 rings (SSSR count). The standard InChI is InChI=1S/C16H25N3O2/c1-3-7-17-15-10-12(9-13(4-2)18-15)16(20)19-14-6-5-8-21-11-14/h9-10,14H,3-8,11H2,1-2H3,(H,17,18)(H,19,20). The van der Waals surface area contributed by atoms with Crippen molar-refractivity contribution in [3.63, 3.8) is 0 Å². The third kappa shape index (κ3) is 4.70. The number of aryl methyl sites for hydroxylation is 1. The predicted octanol–water partition coefficient (Wildman–Crippen LogP) is 2.37. The molecule has 1 unspecified atom stereocenters. The van der Waals surface area contributed by atoms with Crippen LogP contribution in [0, 0.1) is 0 Å². The van der Waals surface area contributed by atoms with E-state index in [0.29, 0.717) is 12.2 Å². The molecule has 21 heavy (non-hydrogen) atoms. The third-order valence-corrected chi connectivity index (χ3v) is 3.55. The van der Waals surface area contributed by atoms with E-state index >= 15 is 0 Å². The minimum atomic E-state index is -0.0397. The first-order chi connectivity index (χ1) is 10.2. The van der Waals surface area contributed by atoms with Gasteiger partial charge in [0.05, 0.1) is 12.6 Å². The van der Waals surface area contributed by atoms with Gasteiger partial charge in [-0.1, -0.05) is 13.8 Å². The van der Waals surface area contributed by atoms with Gasteiger partial charge in [-0.05, 0) is 37.8 Å². The second-order valence-corrected chi connectivity index (χ2v) is 5.40. The lowest BCUT2D eigenvalue weighted by molar-refractivity contribution is 0.0624. The minimum Gasteiger partial charge on any atom is -0.379 e. The summed E-state index contributed by atoms with van der Waals surface area (Å²) in [5.41, 5.74) is 1.60. The molecule has 5 nitrogen and oxygen atoms in total. The lowest BCUT2D eigenvalue weighted by Crippen LogP contribution is -2.40. The van der Waals surface area contributed by atoms with Crippen LogP contribution in [0.5, 0.6) is 0 Å². The Morgan fingerprint density at radius 2 is 2.29 bits per heavy atom. The maximum absolute atomic E-state index is 12.4. The molecule has 1 amide bonds. The SMILES string of the molecule is CCCNc1cc(C(=O)NC2CCCOC2)cc(CC)n1. The molecular weight excluding hydrogens is 266 g/mol. The molecule has 1 fully saturated rings. The van der Waals surface area contributed by atoms with Gasteiger partial charge in [0.15, 0.2) is 0 Å². The van der Waals surface area contributed by atoms with E-state index in [1.165, 1.54) is 0 Å². The number of hydrogen-bond acceptors (Lipinski definition) is 4. The first-order valence-electron chi connectivity index (χ1n) is 7.86. The fourth-order valence-electron chi connectivity index (χ4n) is 2.37. The molecular formula is C16H25N3O2. The third-order valence-electron chi connectivity index (χ3n) is 3.55. The van der Waals surface area contributed by atoms with E-state index in [9.17, 15) is 4.79 Å². The molecule has 1 aliphatic rings. The molecule has 2 N–H and O–H groups in total. The minimum absolute atomic E-state index is 0.0397. The number of pyridine rings is 1. The number of amides is 1. The Hall–Kier alpha value is -1.62. The van der Waals surface area contributed by atoms with Crippen LogP contribution in [0.15, 0.2) is 12.1 Å². The molecule has 0 aliphatic carbocycles. The van der Waals surface area contributed by atoms with Crippen LogP contribution >= 0.6 is 0 Å². The molecule has 0 spiro atoms. The van der Waals surface area contributed by atoms with Crippen molar-refractivity contribution in [1.82, 2.24) is 10.3 Å². The summed E-state index contributed by atoms with van der Waals surface area (Å²) in [4.78, 5) is 16.9. The molecule has 1 saturated heterocycles. The number of carbonyl (C=O) groups is 1. The van der Waals surface area contributed by atoms with Gasteiger partial charge >= 0.3 is 0 Å². The average molecular weight is 291 g/mol. The van der Waals surface area contributed by atoms with E-state index in [-0.39, 0.29) is 11.9 Å². The maximum atomic E-state index is 12.4. The zero-order valence-electron chi connectivity index (χ0n) is 12.9. The number of carbonyl (C=O) groups excluding carboxylic acids is 1. The number of anilines is 1. The Kier molecular flexibility index (Phi) is 5.99. The molecule has 116 valence electrons. The summed E-state index contributed by atoms with van der Waals surface area (Å²) in [6.07, 6.45) is 3.83. The maximum Gasteiger partial charge on any atom is 0.251 e. The average Bonchev–Trinajstić information content (AvgIpc) is 2.53. The molecule has 1 aliphatic heterocycles. The number of nitrogens with zero attached hydrogens (tertiary/aromatic N) is 1. The molecule has 1 atom stereocenters. The predicted molar refractivity (Wildman–Crippen MR) is 83.7 cm³/mol. The zero-order valence-corrected chi connectivity index (χ0v) is 12.9. The van der Waals surface area contributed by atoms with Crippen molar-refractivity contribution in [2.75, 3.05) is 25.1 Å². The number of ether oxygens (including phenoxy) is 1. The van der Waals surface area contributed by atoms with Gasteiger partial charge < -0.3 is 15.4 Å². The summed E-state index contributed by atoms with van der Waals surface area (Å²) in [7, 11) is 0. The van der Waals surface area contributed by atoms with Crippen LogP contribution < -0.4 is 10.6 Å². The van der Waals surface area contributed by atoms with Crippen LogP contribution in [0.3, 0.4) is 0 Å². The highest BCUT2D eigenvalue weighted by Gasteiger charge is 2.18. The highest BCUT2D eigenvalue weighted by molar-refractivity contribution is 5.95. The first kappa shape index (κ1) is 15.8. The molecule has 1 aromatic heterocycles. The van der Waals surface area contributed by atoms with E-state index in [1.54, 1.807) is 0 Å². The Morgan fingerprint density at radius 1 is 1.43 bits per heavy atom. The van der Waals surface area contributed by atoms with Gasteiger partial charge in [-0.3, -0.25) is 4.79 Å². The highest BCUT2D eigenvalue weighted by atomic mass is 16.5. The van der Waals surface area contributed by atoms with Gasteiger partial charge in [0.25, 0.3) is 5.91 Å². The van der Waals surface area contributed by atoms with Crippen molar-refractivity contribution in [1.29, 1.82) is 0 Å². The Morgan fingerprint density at radius 3 is 2.95 bits per heavy atom. The summed E-state index contributed by atoms with van der Waals surface area (Å²) in [5.74, 6) is 0.739. The second kappa shape index (κ2) is 7.98. The molecule has 0 aromatic carbocycles. The molecule has 0 bridgehead atoms. The summed E-state index contributed by atoms with van der Waals surface area (Å²) in [6, 6.07) is 3.82. The van der Waals surface area contributed by atoms with E-state index in [1.807, 2.05) is 19.1 Å². The van der Waals surface area contributed by atoms with E-state index < -0.39 is 0 Å². The fourth-order valence-corrected chi connectivity index (χ4v) is 2.37. The van der Waals surface area contributed by atoms with Gasteiger partial charge in [0.2, 0.25) is 0 Å². The van der Waals surface area contributed by atoms with Crippen LogP contribution in [-0.4, -0.2) is 36.7 Å². The Bertz CT molecular complexity index is 471. The smallest absolute Gasteiger partial charge is 0.251 e. The molecule has 2 heterocycles. The van der Waals surface area contributed by atoms with E-state index in [4.69, 9.17) is 4.74 Å². The topological polar surface area (TPSA) is 63.2 Å². The van der Waals surface area contributed by atoms with Crippen LogP contribution in [0.25, 0.3) is 0 Å². The van der Waals surface area contributed by atoms with Gasteiger partial charge in [-0.2, -0.15) is 0 Å². The monoisotopic (exact) mass is 291 g/mol. The van der Waals surface area contributed by atoms with E-state index in [2.05, 4.69) is 22.5 Å². The number of nitrogens with one attached hydrogen (secondary N) is 2. The summed E-state index contributed by atoms with van der Waals surface area (Å²) < 4.78 is 5.40. The molecule has 0 saturated carbocycles. The van der Waals surface area contributed by atoms with Crippen molar-refractivity contribution in [3.05, 3.63) is 23.4 Å². The summed E-state index contributed by atoms with van der Waals surface area (Å²) in [5, 5.41) is 6.30. The number of hydrogen-bond donors (Lipinski definition) is 2. The zero-order chi connectivity index (χ0) is 15.1. The second-order valence-electron chi connectivity index (χ2n) is 5.40. The van der Waals surface area contributed by atoms with Crippen molar-refractivity contribution in [3.8, 4) is 0 Å². The lowest BCUT2D eigenvalue weighted by atomic mass is 10.1. The Labute approximate surface area is 126 Å². The Balaban J connectivity index is 2.07. The summed E-state index contributed by atoms with van der Waals surface area (Å²) >= 11 is 0. The van der Waals surface area contributed by atoms with Gasteiger partial charge in [-0.15, -0.1) is 0 Å². The van der Waals surface area contributed by atoms with Crippen LogP contribution in [-0.2, 0) is 11.2 Å². The van der Waals surface area contributed by atoms with Crippen LogP contribution in [0.1, 0.15) is 49.2 Å². The van der Waals surface area contributed by atoms with Gasteiger partial charge in [0, 0.05) is 24.4 Å². The summed E-state index contributed by atoms with van der Waals surface area (Å²) in [6.45, 7) is 6.42.